The first-order valence-corrected chi connectivity index (χ1v) is 20.0. The average molecular weight is 884 g/mol. The number of ether oxygens (including phenoxy) is 3. The topological polar surface area (TPSA) is 157 Å². The van der Waals surface area contributed by atoms with Gasteiger partial charge >= 0.3 is 24.1 Å². The SMILES string of the molecule is C.CN(C(=O)OCCl)[C@]1(c2ccccc2Cl)CCCCC1=O.CN(C(=O)OCOC(=O)c1ccccc1)[C@]1(c2ccccc2Cl)CCCCC1=O.O=C(O)c1ccccc1. The van der Waals surface area contributed by atoms with Crippen molar-refractivity contribution in [3.63, 3.8) is 0 Å². The van der Waals surface area contributed by atoms with Gasteiger partial charge < -0.3 is 19.3 Å². The van der Waals surface area contributed by atoms with E-state index in [0.717, 1.165) is 25.7 Å². The number of benzene rings is 4. The molecule has 0 unspecified atom stereocenters. The highest BCUT2D eigenvalue weighted by molar-refractivity contribution is 6.32. The second kappa shape index (κ2) is 23.4. The maximum absolute atomic E-state index is 13.0. The number of carboxylic acids is 1. The van der Waals surface area contributed by atoms with Crippen LogP contribution in [0.2, 0.25) is 10.0 Å². The van der Waals surface area contributed by atoms with E-state index in [4.69, 9.17) is 54.1 Å². The quantitative estimate of drug-likeness (QED) is 0.0975. The molecule has 0 saturated heterocycles. The van der Waals surface area contributed by atoms with Crippen LogP contribution < -0.4 is 0 Å². The molecule has 320 valence electrons. The lowest BCUT2D eigenvalue weighted by Gasteiger charge is -2.43. The molecule has 4 aromatic carbocycles. The average Bonchev–Trinajstić information content (AvgIpc) is 3.25. The molecule has 6 rings (SSSR count). The Morgan fingerprint density at radius 2 is 1.00 bits per heavy atom. The molecule has 4 aromatic rings. The van der Waals surface area contributed by atoms with Crippen LogP contribution in [0.1, 0.15) is 90.6 Å². The molecular weight excluding hydrogens is 835 g/mol. The number of halogens is 3. The monoisotopic (exact) mass is 882 g/mol. The molecule has 0 aliphatic heterocycles. The summed E-state index contributed by atoms with van der Waals surface area (Å²) >= 11 is 18.1. The number of alkyl halides is 1. The fourth-order valence-electron chi connectivity index (χ4n) is 7.18. The van der Waals surface area contributed by atoms with Gasteiger partial charge in [0.1, 0.15) is 11.1 Å². The highest BCUT2D eigenvalue weighted by Crippen LogP contribution is 2.43. The van der Waals surface area contributed by atoms with Crippen LogP contribution in [-0.4, -0.2) is 77.6 Å². The zero-order valence-corrected chi connectivity index (χ0v) is 34.9. The van der Waals surface area contributed by atoms with Gasteiger partial charge in [-0.15, -0.1) is 0 Å². The molecule has 2 aliphatic carbocycles. The summed E-state index contributed by atoms with van der Waals surface area (Å²) in [5.41, 5.74) is -0.362. The van der Waals surface area contributed by atoms with Crippen LogP contribution in [0.25, 0.3) is 0 Å². The van der Waals surface area contributed by atoms with Gasteiger partial charge in [-0.3, -0.25) is 19.4 Å². The second-order valence-corrected chi connectivity index (χ2v) is 14.6. The minimum absolute atomic E-state index is 0. The van der Waals surface area contributed by atoms with Gasteiger partial charge in [0, 0.05) is 48.1 Å². The third-order valence-corrected chi connectivity index (χ3v) is 11.0. The Balaban J connectivity index is 0.000000270. The fraction of sp³-hybridized carbons (Fsp3) is 0.333. The van der Waals surface area contributed by atoms with Gasteiger partial charge in [-0.25, -0.2) is 19.2 Å². The van der Waals surface area contributed by atoms with E-state index in [-0.39, 0.29) is 25.1 Å². The van der Waals surface area contributed by atoms with Crippen LogP contribution in [0.5, 0.6) is 0 Å². The summed E-state index contributed by atoms with van der Waals surface area (Å²) < 4.78 is 15.0. The third kappa shape index (κ3) is 11.6. The molecule has 0 bridgehead atoms. The first kappa shape index (κ1) is 48.9. The molecule has 2 amide bonds. The minimum Gasteiger partial charge on any atom is -0.478 e. The summed E-state index contributed by atoms with van der Waals surface area (Å²) in [6.45, 7) is -0.552. The Morgan fingerprint density at radius 3 is 1.38 bits per heavy atom. The number of amides is 2. The zero-order valence-electron chi connectivity index (χ0n) is 32.6. The van der Waals surface area contributed by atoms with E-state index < -0.39 is 42.0 Å². The van der Waals surface area contributed by atoms with Gasteiger partial charge in [0.05, 0.1) is 11.1 Å². The van der Waals surface area contributed by atoms with Gasteiger partial charge in [0.25, 0.3) is 0 Å². The maximum Gasteiger partial charge on any atom is 0.413 e. The van der Waals surface area contributed by atoms with Crippen LogP contribution in [0.3, 0.4) is 0 Å². The fourth-order valence-corrected chi connectivity index (χ4v) is 7.86. The molecule has 2 aliphatic rings. The number of carbonyl (C=O) groups excluding carboxylic acids is 5. The van der Waals surface area contributed by atoms with Crippen molar-refractivity contribution in [2.24, 2.45) is 0 Å². The standard InChI is InChI=1S/C22H22ClNO5.C15H17Cl2NO3.C7H6O2.CH4/c1-24(21(27)29-15-28-20(26)16-9-3-2-4-10-16)22(14-8-7-13-19(22)25)17-11-5-6-12-18(17)23;1-18(14(20)21-10-16)15(9-5-4-8-13(15)19)11-6-2-3-7-12(11)17;8-7(9)6-4-2-1-3-5-6;/h2-6,9-12H,7-8,13-15H2,1H3;2-3,6-7H,4-5,8-10H2,1H3;1-5H,(H,8,9);1H4/t22-;15-;;/m00../s1. The lowest BCUT2D eigenvalue weighted by atomic mass is 9.74. The number of ketones is 2. The highest BCUT2D eigenvalue weighted by atomic mass is 35.5. The largest absolute Gasteiger partial charge is 0.478 e. The Hall–Kier alpha value is -5.43. The van der Waals surface area contributed by atoms with Crippen molar-refractivity contribution in [2.75, 3.05) is 27.0 Å². The summed E-state index contributed by atoms with van der Waals surface area (Å²) in [6.07, 6.45) is 3.57. The highest BCUT2D eigenvalue weighted by Gasteiger charge is 2.50. The van der Waals surface area contributed by atoms with Crippen LogP contribution >= 0.6 is 34.8 Å². The summed E-state index contributed by atoms with van der Waals surface area (Å²) in [5.74, 6) is -1.58. The molecule has 2 atom stereocenters. The van der Waals surface area contributed by atoms with E-state index in [1.165, 1.54) is 16.8 Å². The van der Waals surface area contributed by atoms with E-state index in [1.54, 1.807) is 110 Å². The van der Waals surface area contributed by atoms with Gasteiger partial charge in [0.2, 0.25) is 6.79 Å². The molecule has 12 nitrogen and oxygen atoms in total. The number of esters is 1. The number of nitrogens with zero attached hydrogens (tertiary/aromatic N) is 2. The Kier molecular flexibility index (Phi) is 19.1. The number of hydrogen-bond acceptors (Lipinski definition) is 9. The Morgan fingerprint density at radius 1 is 0.600 bits per heavy atom. The molecule has 2 fully saturated rings. The van der Waals surface area contributed by atoms with Gasteiger partial charge in [0.15, 0.2) is 17.6 Å². The van der Waals surface area contributed by atoms with Crippen molar-refractivity contribution in [3.05, 3.63) is 141 Å². The number of aromatic carboxylic acids is 1. The van der Waals surface area contributed by atoms with E-state index in [2.05, 4.69) is 0 Å². The van der Waals surface area contributed by atoms with Gasteiger partial charge in [-0.1, -0.05) is 115 Å². The first-order chi connectivity index (χ1) is 28.3. The first-order valence-electron chi connectivity index (χ1n) is 18.8. The molecule has 1 N–H and O–H groups in total. The molecule has 0 spiro atoms. The summed E-state index contributed by atoms with van der Waals surface area (Å²) in [6, 6.07) is 30.6. The van der Waals surface area contributed by atoms with Crippen LogP contribution in [0.15, 0.2) is 109 Å². The van der Waals surface area contributed by atoms with Crippen molar-refractivity contribution in [1.82, 2.24) is 9.80 Å². The molecule has 60 heavy (non-hydrogen) atoms. The number of carbonyl (C=O) groups is 6. The van der Waals surface area contributed by atoms with E-state index in [9.17, 15) is 28.8 Å². The number of Topliss-reactive ketones (excluding diaryl/α,β-unsaturated/α-hetero) is 2. The van der Waals surface area contributed by atoms with Crippen LogP contribution in [-0.2, 0) is 34.9 Å². The normalized spacial score (nSPS) is 18.1. The predicted octanol–water partition coefficient (Wildman–Crippen LogP) is 10.5. The number of carboxylic acid groups (broad SMARTS) is 1. The lowest BCUT2D eigenvalue weighted by molar-refractivity contribution is -0.134. The summed E-state index contributed by atoms with van der Waals surface area (Å²) in [4.78, 5) is 75.3. The molecule has 0 aromatic heterocycles. The molecule has 15 heteroatoms. The summed E-state index contributed by atoms with van der Waals surface area (Å²) in [5, 5.41) is 9.27. The van der Waals surface area contributed by atoms with Crippen LogP contribution in [0.4, 0.5) is 9.59 Å². The number of rotatable bonds is 9. The number of hydrogen-bond donors (Lipinski definition) is 1. The molecular formula is C45H49Cl3N2O10. The Bertz CT molecular complexity index is 2090. The van der Waals surface area contributed by atoms with Gasteiger partial charge in [-0.05, 0) is 74.9 Å². The third-order valence-electron chi connectivity index (χ3n) is 10.2. The summed E-state index contributed by atoms with van der Waals surface area (Å²) in [7, 11) is 3.06. The van der Waals surface area contributed by atoms with Crippen LogP contribution in [0, 0.1) is 0 Å². The lowest BCUT2D eigenvalue weighted by Crippen LogP contribution is -2.54. The molecule has 2 saturated carbocycles. The maximum atomic E-state index is 13.0. The van der Waals surface area contributed by atoms with Crippen molar-refractivity contribution in [3.8, 4) is 0 Å². The zero-order chi connectivity index (χ0) is 43.0. The smallest absolute Gasteiger partial charge is 0.413 e. The Labute approximate surface area is 365 Å². The van der Waals surface area contributed by atoms with Gasteiger partial charge in [-0.2, -0.15) is 0 Å². The number of likely N-dealkylation sites (N-methyl/N-ethyl adjacent to an activating group) is 2. The van der Waals surface area contributed by atoms with E-state index in [1.807, 2.05) is 6.07 Å². The van der Waals surface area contributed by atoms with E-state index in [0.29, 0.717) is 58.0 Å². The van der Waals surface area contributed by atoms with Crippen molar-refractivity contribution >= 4 is 70.5 Å². The second-order valence-electron chi connectivity index (χ2n) is 13.6. The minimum atomic E-state index is -1.20. The van der Waals surface area contributed by atoms with Crippen molar-refractivity contribution < 1.29 is 48.1 Å². The molecule has 0 radical (unpaired) electrons. The van der Waals surface area contributed by atoms with Crippen molar-refractivity contribution in [1.29, 1.82) is 0 Å². The van der Waals surface area contributed by atoms with E-state index >= 15 is 0 Å². The predicted molar refractivity (Wildman–Crippen MR) is 229 cm³/mol. The van der Waals surface area contributed by atoms with Crippen molar-refractivity contribution in [2.45, 2.75) is 69.9 Å². The molecule has 0 heterocycles.